The Kier molecular flexibility index (Phi) is 5.58. The predicted octanol–water partition coefficient (Wildman–Crippen LogP) is 4.45. The van der Waals surface area contributed by atoms with Crippen molar-refractivity contribution in [1.29, 1.82) is 0 Å². The number of hydrogen-bond donors (Lipinski definition) is 2. The highest BCUT2D eigenvalue weighted by molar-refractivity contribution is 7.16. The van der Waals surface area contributed by atoms with Crippen molar-refractivity contribution in [3.63, 3.8) is 0 Å². The lowest BCUT2D eigenvalue weighted by Crippen LogP contribution is -2.48. The Balaban J connectivity index is 0.00000169. The highest BCUT2D eigenvalue weighted by Gasteiger charge is 2.40. The monoisotopic (exact) mass is 368 g/mol. The summed E-state index contributed by atoms with van der Waals surface area (Å²) in [6, 6.07) is 0.337. The lowest BCUT2D eigenvalue weighted by atomic mass is 9.65. The molecule has 5 heteroatoms. The molecule has 134 valence electrons. The zero-order valence-electron chi connectivity index (χ0n) is 14.5. The summed E-state index contributed by atoms with van der Waals surface area (Å²) >= 11 is 1.82. The van der Waals surface area contributed by atoms with Gasteiger partial charge in [0.25, 0.3) is 0 Å². The second-order valence-electron chi connectivity index (χ2n) is 7.85. The van der Waals surface area contributed by atoms with Crippen LogP contribution in [0.3, 0.4) is 0 Å². The van der Waals surface area contributed by atoms with Crippen LogP contribution in [0, 0.1) is 24.7 Å². The fourth-order valence-corrected chi connectivity index (χ4v) is 6.36. The van der Waals surface area contributed by atoms with Crippen LogP contribution >= 0.6 is 23.7 Å². The van der Waals surface area contributed by atoms with E-state index in [-0.39, 0.29) is 24.2 Å². The van der Waals surface area contributed by atoms with Crippen LogP contribution in [0.15, 0.2) is 0 Å². The van der Waals surface area contributed by atoms with Gasteiger partial charge in [0.2, 0.25) is 5.91 Å². The fraction of sp³-hybridized carbons (Fsp3) is 0.737. The molecule has 3 nitrogen and oxygen atoms in total. The topological polar surface area (TPSA) is 55.1 Å². The van der Waals surface area contributed by atoms with Gasteiger partial charge < -0.3 is 11.1 Å². The second-order valence-corrected chi connectivity index (χ2v) is 8.96. The molecule has 0 saturated heterocycles. The molecule has 0 spiro atoms. The number of halogens is 1. The van der Waals surface area contributed by atoms with Gasteiger partial charge in [-0.05, 0) is 81.3 Å². The van der Waals surface area contributed by atoms with Crippen LogP contribution in [0.2, 0.25) is 0 Å². The summed E-state index contributed by atoms with van der Waals surface area (Å²) in [4.78, 5) is 14.3. The lowest BCUT2D eigenvalue weighted by molar-refractivity contribution is -0.122. The first-order chi connectivity index (χ1) is 11.1. The molecule has 0 radical (unpaired) electrons. The van der Waals surface area contributed by atoms with Gasteiger partial charge in [-0.2, -0.15) is 0 Å². The molecule has 1 heterocycles. The van der Waals surface area contributed by atoms with Gasteiger partial charge in [0, 0.05) is 16.8 Å². The van der Waals surface area contributed by atoms with Crippen molar-refractivity contribution in [2.75, 3.05) is 5.32 Å². The van der Waals surface area contributed by atoms with E-state index in [9.17, 15) is 4.79 Å². The second kappa shape index (κ2) is 7.35. The van der Waals surface area contributed by atoms with Crippen LogP contribution < -0.4 is 11.1 Å². The van der Waals surface area contributed by atoms with E-state index in [1.54, 1.807) is 0 Å². The van der Waals surface area contributed by atoms with E-state index in [1.165, 1.54) is 60.9 Å². The first-order valence-electron chi connectivity index (χ1n) is 9.31. The maximum absolute atomic E-state index is 12.8. The van der Waals surface area contributed by atoms with Gasteiger partial charge in [-0.1, -0.05) is 6.42 Å². The highest BCUT2D eigenvalue weighted by Crippen LogP contribution is 2.43. The molecule has 2 unspecified atom stereocenters. The minimum Gasteiger partial charge on any atom is -0.327 e. The van der Waals surface area contributed by atoms with Crippen molar-refractivity contribution >= 4 is 34.7 Å². The molecule has 1 aromatic heterocycles. The number of nitrogens with one attached hydrogen (secondary N) is 1. The third kappa shape index (κ3) is 3.25. The Labute approximate surface area is 155 Å². The van der Waals surface area contributed by atoms with Gasteiger partial charge in [0.05, 0.1) is 5.00 Å². The van der Waals surface area contributed by atoms with Crippen molar-refractivity contribution < 1.29 is 4.79 Å². The van der Waals surface area contributed by atoms with Crippen molar-refractivity contribution in [3.8, 4) is 0 Å². The lowest BCUT2D eigenvalue weighted by Gasteiger charge is -2.43. The van der Waals surface area contributed by atoms with Gasteiger partial charge in [0.1, 0.15) is 0 Å². The van der Waals surface area contributed by atoms with Crippen LogP contribution in [0.1, 0.15) is 60.9 Å². The van der Waals surface area contributed by atoms with E-state index in [0.29, 0.717) is 17.9 Å². The standard InChI is InChI=1S/C19H28N2OS.ClH/c1-11-15-7-2-3-8-16(15)23-19(11)21-18(22)14-9-12-5-4-6-13(10-14)17(12)20;/h12-14,17H,2-10,20H2,1H3,(H,21,22);1H. The maximum Gasteiger partial charge on any atom is 0.228 e. The molecule has 3 aliphatic carbocycles. The van der Waals surface area contributed by atoms with Gasteiger partial charge in [-0.25, -0.2) is 0 Å². The number of thiophene rings is 1. The van der Waals surface area contributed by atoms with Crippen molar-refractivity contribution in [2.45, 2.75) is 70.8 Å². The largest absolute Gasteiger partial charge is 0.327 e. The Hall–Kier alpha value is -0.580. The molecule has 1 aromatic rings. The number of hydrogen-bond acceptors (Lipinski definition) is 3. The third-order valence-electron chi connectivity index (χ3n) is 6.46. The number of nitrogens with two attached hydrogens (primary N) is 1. The summed E-state index contributed by atoms with van der Waals surface area (Å²) in [5.74, 6) is 1.55. The Morgan fingerprint density at radius 3 is 2.46 bits per heavy atom. The average Bonchev–Trinajstić information content (AvgIpc) is 2.83. The van der Waals surface area contributed by atoms with Crippen molar-refractivity contribution in [1.82, 2.24) is 0 Å². The average molecular weight is 369 g/mol. The first-order valence-corrected chi connectivity index (χ1v) is 10.1. The zero-order chi connectivity index (χ0) is 16.0. The normalized spacial score (nSPS) is 31.8. The predicted molar refractivity (Wildman–Crippen MR) is 103 cm³/mol. The van der Waals surface area contributed by atoms with E-state index in [2.05, 4.69) is 12.2 Å². The number of amides is 1. The SMILES string of the molecule is Cc1c(NC(=O)C2CC3CCCC(C2)C3N)sc2c1CCCC2.Cl. The molecule has 1 amide bonds. The molecule has 3 N–H and O–H groups in total. The molecule has 4 rings (SSSR count). The molecular weight excluding hydrogens is 340 g/mol. The summed E-state index contributed by atoms with van der Waals surface area (Å²) in [5.41, 5.74) is 9.20. The molecule has 0 aliphatic heterocycles. The minimum absolute atomic E-state index is 0. The number of carbonyl (C=O) groups excluding carboxylic acids is 1. The van der Waals surface area contributed by atoms with Gasteiger partial charge in [-0.3, -0.25) is 4.79 Å². The number of aryl methyl sites for hydroxylation is 1. The van der Waals surface area contributed by atoms with Gasteiger partial charge in [0.15, 0.2) is 0 Å². The number of rotatable bonds is 2. The van der Waals surface area contributed by atoms with Crippen LogP contribution in [-0.4, -0.2) is 11.9 Å². The van der Waals surface area contributed by atoms with Gasteiger partial charge in [-0.15, -0.1) is 23.7 Å². The van der Waals surface area contributed by atoms with Crippen LogP contribution in [0.25, 0.3) is 0 Å². The Morgan fingerprint density at radius 2 is 1.79 bits per heavy atom. The van der Waals surface area contributed by atoms with E-state index >= 15 is 0 Å². The van der Waals surface area contributed by atoms with E-state index in [4.69, 9.17) is 5.73 Å². The smallest absolute Gasteiger partial charge is 0.228 e. The molecule has 2 bridgehead atoms. The van der Waals surface area contributed by atoms with Crippen molar-refractivity contribution in [3.05, 3.63) is 16.0 Å². The maximum atomic E-state index is 12.8. The fourth-order valence-electron chi connectivity index (χ4n) is 5.06. The number of anilines is 1. The van der Waals surface area contributed by atoms with Crippen molar-refractivity contribution in [2.24, 2.45) is 23.5 Å². The Bertz CT molecular complexity index is 601. The first kappa shape index (κ1) is 18.2. The molecular formula is C19H29ClN2OS. The van der Waals surface area contributed by atoms with E-state index < -0.39 is 0 Å². The minimum atomic E-state index is 0. The van der Waals surface area contributed by atoms with E-state index in [1.807, 2.05) is 11.3 Å². The van der Waals surface area contributed by atoms with Crippen LogP contribution in [0.5, 0.6) is 0 Å². The Morgan fingerprint density at radius 1 is 1.12 bits per heavy atom. The summed E-state index contributed by atoms with van der Waals surface area (Å²) in [7, 11) is 0. The molecule has 2 atom stereocenters. The molecule has 3 aliphatic rings. The zero-order valence-corrected chi connectivity index (χ0v) is 16.1. The molecule has 2 fully saturated rings. The van der Waals surface area contributed by atoms with Gasteiger partial charge >= 0.3 is 0 Å². The summed E-state index contributed by atoms with van der Waals surface area (Å²) in [5, 5.41) is 4.39. The quantitative estimate of drug-likeness (QED) is 0.810. The molecule has 2 saturated carbocycles. The number of carbonyl (C=O) groups is 1. The molecule has 24 heavy (non-hydrogen) atoms. The number of fused-ring (bicyclic) bond motifs is 3. The van der Waals surface area contributed by atoms with Crippen LogP contribution in [-0.2, 0) is 17.6 Å². The van der Waals surface area contributed by atoms with Crippen LogP contribution in [0.4, 0.5) is 5.00 Å². The molecule has 0 aromatic carbocycles. The third-order valence-corrected chi connectivity index (χ3v) is 7.77. The van der Waals surface area contributed by atoms with E-state index in [0.717, 1.165) is 17.8 Å². The highest BCUT2D eigenvalue weighted by atomic mass is 35.5. The summed E-state index contributed by atoms with van der Waals surface area (Å²) < 4.78 is 0. The summed E-state index contributed by atoms with van der Waals surface area (Å²) in [6.45, 7) is 2.18. The summed E-state index contributed by atoms with van der Waals surface area (Å²) in [6.07, 6.45) is 10.7.